The molecule has 0 atom stereocenters. The molecule has 0 amide bonds. The zero-order valence-electron chi connectivity index (χ0n) is 15.4. The Morgan fingerprint density at radius 1 is 1.24 bits per heavy atom. The molecule has 9 nitrogen and oxygen atoms in total. The summed E-state index contributed by atoms with van der Waals surface area (Å²) < 4.78 is 39.9. The van der Waals surface area contributed by atoms with E-state index in [1.807, 2.05) is 11.8 Å². The molecular weight excluding hydrogens is 409 g/mol. The number of aromatic amines is 1. The van der Waals surface area contributed by atoms with E-state index in [-0.39, 0.29) is 11.0 Å². The van der Waals surface area contributed by atoms with Gasteiger partial charge in [-0.3, -0.25) is 14.5 Å². The van der Waals surface area contributed by atoms with Gasteiger partial charge in [-0.05, 0) is 13.3 Å². The van der Waals surface area contributed by atoms with Gasteiger partial charge >= 0.3 is 6.18 Å². The van der Waals surface area contributed by atoms with Crippen molar-refractivity contribution < 1.29 is 13.2 Å². The monoisotopic (exact) mass is 426 g/mol. The van der Waals surface area contributed by atoms with Crippen LogP contribution in [0.15, 0.2) is 11.0 Å². The lowest BCUT2D eigenvalue weighted by Gasteiger charge is -2.47. The van der Waals surface area contributed by atoms with E-state index in [1.165, 1.54) is 6.20 Å². The fraction of sp³-hybridized carbons (Fsp3) is 0.562. The summed E-state index contributed by atoms with van der Waals surface area (Å²) in [6, 6.07) is 0. The van der Waals surface area contributed by atoms with Gasteiger partial charge in [0.1, 0.15) is 5.39 Å². The topological polar surface area (TPSA) is 95.8 Å². The minimum Gasteiger partial charge on any atom is -0.345 e. The summed E-state index contributed by atoms with van der Waals surface area (Å²) in [5.41, 5.74) is 0.272. The lowest BCUT2D eigenvalue weighted by Crippen LogP contribution is -2.58. The Hall–Kier alpha value is -2.70. The molecule has 5 heterocycles. The van der Waals surface area contributed by atoms with E-state index in [0.29, 0.717) is 59.6 Å². The molecule has 0 radical (unpaired) electrons. The van der Waals surface area contributed by atoms with E-state index < -0.39 is 11.2 Å². The maximum Gasteiger partial charge on any atom is 0.445 e. The van der Waals surface area contributed by atoms with Crippen LogP contribution in [0, 0.1) is 5.41 Å². The molecule has 1 spiro atoms. The molecule has 5 rings (SSSR count). The van der Waals surface area contributed by atoms with Crippen molar-refractivity contribution in [1.82, 2.24) is 29.9 Å². The van der Waals surface area contributed by atoms with Gasteiger partial charge in [-0.2, -0.15) is 23.3 Å². The SMILES string of the molecule is CCn1c(N2CCC3(CN(c4nnc(C(F)(F)F)s4)C3)C2)nc2[nH]ncc2c1=O. The van der Waals surface area contributed by atoms with E-state index in [1.54, 1.807) is 4.57 Å². The first kappa shape index (κ1) is 18.3. The fourth-order valence-corrected chi connectivity index (χ4v) is 4.87. The highest BCUT2D eigenvalue weighted by Gasteiger charge is 2.50. The Kier molecular flexibility index (Phi) is 3.89. The predicted molar refractivity (Wildman–Crippen MR) is 100 cm³/mol. The van der Waals surface area contributed by atoms with Gasteiger partial charge in [-0.25, -0.2) is 0 Å². The summed E-state index contributed by atoms with van der Waals surface area (Å²) in [7, 11) is 0. The van der Waals surface area contributed by atoms with Crippen LogP contribution < -0.4 is 15.4 Å². The molecule has 29 heavy (non-hydrogen) atoms. The Bertz CT molecular complexity index is 1130. The van der Waals surface area contributed by atoms with Crippen LogP contribution in [0.3, 0.4) is 0 Å². The Balaban J connectivity index is 1.35. The second-order valence-electron chi connectivity index (χ2n) is 7.51. The number of nitrogens with zero attached hydrogens (tertiary/aromatic N) is 7. The number of hydrogen-bond donors (Lipinski definition) is 1. The van der Waals surface area contributed by atoms with Gasteiger partial charge in [0, 0.05) is 38.1 Å². The number of anilines is 2. The standard InChI is InChI=1S/C16H17F3N8OS/c1-2-27-11(28)9-5-20-22-10(9)21-13(27)25-4-3-15(6-25)7-26(8-15)14-24-23-12(29-14)16(17,18)19/h5H,2-4,6-8H2,1H3,(H,20,22). The highest BCUT2D eigenvalue weighted by Crippen LogP contribution is 2.44. The summed E-state index contributed by atoms with van der Waals surface area (Å²) in [5.74, 6) is 0.597. The van der Waals surface area contributed by atoms with E-state index in [4.69, 9.17) is 0 Å². The number of hydrogen-bond acceptors (Lipinski definition) is 8. The van der Waals surface area contributed by atoms with Crippen molar-refractivity contribution in [3.63, 3.8) is 0 Å². The van der Waals surface area contributed by atoms with Gasteiger partial charge in [0.15, 0.2) is 5.65 Å². The van der Waals surface area contributed by atoms with Crippen molar-refractivity contribution in [1.29, 1.82) is 0 Å². The van der Waals surface area contributed by atoms with Crippen molar-refractivity contribution in [2.45, 2.75) is 26.1 Å². The molecule has 2 fully saturated rings. The lowest BCUT2D eigenvalue weighted by molar-refractivity contribution is -0.138. The number of fused-ring (bicyclic) bond motifs is 1. The molecule has 0 aliphatic carbocycles. The van der Waals surface area contributed by atoms with Crippen molar-refractivity contribution >= 4 is 33.5 Å². The zero-order chi connectivity index (χ0) is 20.4. The first-order valence-corrected chi connectivity index (χ1v) is 9.96. The molecule has 3 aromatic heterocycles. The molecule has 0 unspecified atom stereocenters. The highest BCUT2D eigenvalue weighted by molar-refractivity contribution is 7.15. The van der Waals surface area contributed by atoms with Crippen LogP contribution in [0.4, 0.5) is 24.3 Å². The molecule has 13 heteroatoms. The number of aromatic nitrogens is 6. The molecule has 2 aliphatic rings. The van der Waals surface area contributed by atoms with Crippen LogP contribution in [0.1, 0.15) is 18.4 Å². The average Bonchev–Trinajstić information content (AvgIpc) is 3.37. The highest BCUT2D eigenvalue weighted by atomic mass is 32.1. The molecule has 154 valence electrons. The minimum atomic E-state index is -4.47. The maximum atomic E-state index is 12.8. The van der Waals surface area contributed by atoms with Crippen molar-refractivity contribution in [3.8, 4) is 0 Å². The average molecular weight is 426 g/mol. The van der Waals surface area contributed by atoms with Crippen LogP contribution >= 0.6 is 11.3 Å². The number of H-pyrrole nitrogens is 1. The van der Waals surface area contributed by atoms with E-state index in [2.05, 4.69) is 30.3 Å². The Morgan fingerprint density at radius 3 is 2.69 bits per heavy atom. The molecule has 2 saturated heterocycles. The number of halogens is 3. The van der Waals surface area contributed by atoms with Gasteiger partial charge in [0.25, 0.3) is 5.56 Å². The summed E-state index contributed by atoms with van der Waals surface area (Å²) in [6.45, 7) is 5.01. The van der Waals surface area contributed by atoms with Gasteiger partial charge < -0.3 is 9.80 Å². The number of nitrogens with one attached hydrogen (secondary N) is 1. The van der Waals surface area contributed by atoms with Crippen molar-refractivity contribution in [2.24, 2.45) is 5.41 Å². The van der Waals surface area contributed by atoms with E-state index in [0.717, 1.165) is 13.0 Å². The van der Waals surface area contributed by atoms with Crippen LogP contribution in [-0.2, 0) is 12.7 Å². The normalized spacial score (nSPS) is 18.8. The van der Waals surface area contributed by atoms with Gasteiger partial charge in [0.2, 0.25) is 16.1 Å². The molecule has 1 N–H and O–H groups in total. The van der Waals surface area contributed by atoms with E-state index in [9.17, 15) is 18.0 Å². The number of rotatable bonds is 3. The third kappa shape index (κ3) is 2.86. The first-order chi connectivity index (χ1) is 13.8. The summed E-state index contributed by atoms with van der Waals surface area (Å²) in [6.07, 6.45) is -2.12. The summed E-state index contributed by atoms with van der Waals surface area (Å²) >= 11 is 0.570. The van der Waals surface area contributed by atoms with Gasteiger partial charge in [0.05, 0.1) is 6.20 Å². The molecule has 3 aromatic rings. The second kappa shape index (κ2) is 6.15. The quantitative estimate of drug-likeness (QED) is 0.681. The van der Waals surface area contributed by atoms with Crippen molar-refractivity contribution in [2.75, 3.05) is 36.0 Å². The third-order valence-corrected chi connectivity index (χ3v) is 6.59. The van der Waals surface area contributed by atoms with E-state index >= 15 is 0 Å². The van der Waals surface area contributed by atoms with Crippen LogP contribution in [0.2, 0.25) is 0 Å². The first-order valence-electron chi connectivity index (χ1n) is 9.14. The smallest absolute Gasteiger partial charge is 0.345 e. The molecule has 2 aliphatic heterocycles. The lowest BCUT2D eigenvalue weighted by atomic mass is 9.79. The van der Waals surface area contributed by atoms with Crippen LogP contribution in [0.25, 0.3) is 11.0 Å². The summed E-state index contributed by atoms with van der Waals surface area (Å²) in [4.78, 5) is 21.2. The molecule has 0 bridgehead atoms. The zero-order valence-corrected chi connectivity index (χ0v) is 16.2. The van der Waals surface area contributed by atoms with Gasteiger partial charge in [-0.15, -0.1) is 10.2 Å². The predicted octanol–water partition coefficient (Wildman–Crippen LogP) is 1.73. The molecular formula is C16H17F3N8OS. The maximum absolute atomic E-state index is 12.8. The summed E-state index contributed by atoms with van der Waals surface area (Å²) in [5, 5.41) is 13.4. The minimum absolute atomic E-state index is 0.0523. The number of alkyl halides is 3. The molecule has 0 saturated carbocycles. The van der Waals surface area contributed by atoms with Crippen molar-refractivity contribution in [3.05, 3.63) is 21.6 Å². The Morgan fingerprint density at radius 2 is 2.00 bits per heavy atom. The van der Waals surface area contributed by atoms with Gasteiger partial charge in [-0.1, -0.05) is 11.3 Å². The van der Waals surface area contributed by atoms with Crippen LogP contribution in [-0.4, -0.2) is 56.1 Å². The second-order valence-corrected chi connectivity index (χ2v) is 8.46. The van der Waals surface area contributed by atoms with Crippen LogP contribution in [0.5, 0.6) is 0 Å². The fourth-order valence-electron chi connectivity index (χ4n) is 4.16. The third-order valence-electron chi connectivity index (χ3n) is 5.57. The Labute approximate surface area is 166 Å². The largest absolute Gasteiger partial charge is 0.445 e. The molecule has 0 aromatic carbocycles.